The molecule has 16 heteroatoms. The first kappa shape index (κ1) is 53.2. The summed E-state index contributed by atoms with van der Waals surface area (Å²) in [6.45, 7) is 13.6. The van der Waals surface area contributed by atoms with E-state index in [-0.39, 0.29) is 60.7 Å². The molecule has 6 N–H and O–H groups in total. The molecule has 2 aromatic heterocycles. The third-order valence-corrected chi connectivity index (χ3v) is 11.6. The number of carbonyl (C=O) groups is 2. The van der Waals surface area contributed by atoms with Gasteiger partial charge in [0.05, 0.1) is 48.3 Å². The number of nitrogens with zero attached hydrogens (tertiary/aromatic N) is 4. The Labute approximate surface area is 408 Å². The standard InChI is InChI=1S/C54H66F4N8O4/c1-53(2,3)27-35-7-9-47(65-15-13-59-33-65)39(17-35)29-61-31-49(67)45(23-37-19-41(55)25-42(56)20-37)63-51(69)11-12-52(70)64-46(24-38-21-43(57)26-44(58)22-38)50(68)32-62-30-40-18-36(28-54(4,5)6)8-10-48(40)66-16-14-60-34-66/h7-10,13-22,25-26,33-34,45-46,49-50,61-62,67-68H,11-12,23-24,27-32H2,1-6H3,(H,63,69)(H,64,70). The summed E-state index contributed by atoms with van der Waals surface area (Å²) in [5, 5.41) is 35.2. The smallest absolute Gasteiger partial charge is 0.220 e. The summed E-state index contributed by atoms with van der Waals surface area (Å²) >= 11 is 0. The molecule has 0 aliphatic rings. The van der Waals surface area contributed by atoms with Crippen LogP contribution in [0.3, 0.4) is 0 Å². The summed E-state index contributed by atoms with van der Waals surface area (Å²) in [5.41, 5.74) is 6.40. The molecule has 0 saturated heterocycles. The second kappa shape index (κ2) is 24.1. The van der Waals surface area contributed by atoms with Crippen molar-refractivity contribution in [2.75, 3.05) is 13.1 Å². The van der Waals surface area contributed by atoms with Crippen molar-refractivity contribution in [1.82, 2.24) is 40.4 Å². The molecule has 6 rings (SSSR count). The molecule has 0 saturated carbocycles. The van der Waals surface area contributed by atoms with Crippen molar-refractivity contribution in [1.29, 1.82) is 0 Å². The van der Waals surface area contributed by atoms with Crippen molar-refractivity contribution in [2.24, 2.45) is 10.8 Å². The number of imidazole rings is 2. The summed E-state index contributed by atoms with van der Waals surface area (Å²) in [4.78, 5) is 35.5. The van der Waals surface area contributed by atoms with E-state index in [4.69, 9.17) is 0 Å². The van der Waals surface area contributed by atoms with E-state index in [1.54, 1.807) is 25.0 Å². The van der Waals surface area contributed by atoms with Crippen molar-refractivity contribution in [3.05, 3.63) is 167 Å². The topological polar surface area (TPSA) is 158 Å². The lowest BCUT2D eigenvalue weighted by atomic mass is 9.87. The Balaban J connectivity index is 1.11. The van der Waals surface area contributed by atoms with Gasteiger partial charge in [-0.05, 0) is 106 Å². The van der Waals surface area contributed by atoms with Gasteiger partial charge in [-0.25, -0.2) is 27.5 Å². The van der Waals surface area contributed by atoms with Gasteiger partial charge in [0.1, 0.15) is 23.3 Å². The first-order chi connectivity index (χ1) is 33.2. The highest BCUT2D eigenvalue weighted by atomic mass is 19.1. The highest BCUT2D eigenvalue weighted by Gasteiger charge is 2.26. The quantitative estimate of drug-likeness (QED) is 0.0358. The van der Waals surface area contributed by atoms with E-state index in [0.717, 1.165) is 82.9 Å². The van der Waals surface area contributed by atoms with Crippen LogP contribution in [0.15, 0.2) is 110 Å². The number of aliphatic hydroxyl groups is 2. The summed E-state index contributed by atoms with van der Waals surface area (Å²) in [5.74, 6) is -4.51. The summed E-state index contributed by atoms with van der Waals surface area (Å²) in [6, 6.07) is 16.3. The number of nitrogens with one attached hydrogen (secondary N) is 4. The maximum atomic E-state index is 14.3. The van der Waals surface area contributed by atoms with E-state index < -0.39 is 59.4 Å². The predicted octanol–water partition coefficient (Wildman–Crippen LogP) is 7.63. The molecule has 6 aromatic rings. The van der Waals surface area contributed by atoms with E-state index in [2.05, 4.69) is 97.0 Å². The summed E-state index contributed by atoms with van der Waals surface area (Å²) < 4.78 is 61.1. The second-order valence-corrected chi connectivity index (χ2v) is 20.5. The van der Waals surface area contributed by atoms with Gasteiger partial charge in [0.25, 0.3) is 0 Å². The van der Waals surface area contributed by atoms with Crippen molar-refractivity contribution in [3.63, 3.8) is 0 Å². The fourth-order valence-electron chi connectivity index (χ4n) is 8.62. The van der Waals surface area contributed by atoms with Crippen LogP contribution in [0.2, 0.25) is 0 Å². The zero-order valence-corrected chi connectivity index (χ0v) is 40.8. The number of aromatic nitrogens is 4. The first-order valence-corrected chi connectivity index (χ1v) is 23.6. The molecule has 0 aliphatic heterocycles. The minimum atomic E-state index is -1.24. The molecular formula is C54H66F4N8O4. The third-order valence-electron chi connectivity index (χ3n) is 11.6. The highest BCUT2D eigenvalue weighted by Crippen LogP contribution is 2.26. The van der Waals surface area contributed by atoms with Gasteiger partial charge in [0.15, 0.2) is 0 Å². The monoisotopic (exact) mass is 967 g/mol. The molecule has 0 spiro atoms. The van der Waals surface area contributed by atoms with Crippen molar-refractivity contribution in [3.8, 4) is 11.4 Å². The molecule has 0 radical (unpaired) electrons. The molecule has 4 aromatic carbocycles. The molecule has 0 bridgehead atoms. The molecule has 0 fully saturated rings. The zero-order chi connectivity index (χ0) is 50.6. The van der Waals surface area contributed by atoms with Crippen LogP contribution < -0.4 is 21.3 Å². The number of rotatable bonds is 23. The number of halogens is 4. The van der Waals surface area contributed by atoms with Crippen LogP contribution in [-0.2, 0) is 48.4 Å². The van der Waals surface area contributed by atoms with Gasteiger partial charge >= 0.3 is 0 Å². The Morgan fingerprint density at radius 3 is 1.26 bits per heavy atom. The molecule has 374 valence electrons. The average Bonchev–Trinajstić information content (AvgIpc) is 4.00. The lowest BCUT2D eigenvalue weighted by Crippen LogP contribution is -2.50. The van der Waals surface area contributed by atoms with Gasteiger partial charge in [0.2, 0.25) is 11.8 Å². The van der Waals surface area contributed by atoms with Crippen LogP contribution in [0.4, 0.5) is 17.6 Å². The van der Waals surface area contributed by atoms with Crippen LogP contribution in [0.25, 0.3) is 11.4 Å². The number of hydrogen-bond donors (Lipinski definition) is 6. The minimum absolute atomic E-state index is 0.0163. The minimum Gasteiger partial charge on any atom is -0.390 e. The predicted molar refractivity (Wildman–Crippen MR) is 262 cm³/mol. The number of amides is 2. The zero-order valence-electron chi connectivity index (χ0n) is 40.8. The highest BCUT2D eigenvalue weighted by molar-refractivity contribution is 5.84. The molecule has 4 atom stereocenters. The van der Waals surface area contributed by atoms with Crippen molar-refractivity contribution < 1.29 is 37.4 Å². The fourth-order valence-corrected chi connectivity index (χ4v) is 8.62. The number of carbonyl (C=O) groups excluding carboxylic acids is 2. The lowest BCUT2D eigenvalue weighted by molar-refractivity contribution is -0.128. The van der Waals surface area contributed by atoms with E-state index in [1.807, 2.05) is 33.7 Å². The molecule has 4 unspecified atom stereocenters. The third kappa shape index (κ3) is 16.7. The maximum Gasteiger partial charge on any atom is 0.220 e. The molecule has 2 amide bonds. The number of hydrogen-bond acceptors (Lipinski definition) is 8. The Bertz CT molecular complexity index is 2430. The van der Waals surface area contributed by atoms with E-state index >= 15 is 0 Å². The SMILES string of the molecule is CC(C)(C)Cc1ccc(-n2ccnc2)c(CNCC(O)C(Cc2cc(F)cc(F)c2)NC(=O)CCC(=O)NC(Cc2cc(F)cc(F)c2)C(O)CNCc2cc(CC(C)(C)C)ccc2-n2ccnc2)c1. The summed E-state index contributed by atoms with van der Waals surface area (Å²) in [6.07, 6.45) is 8.63. The Morgan fingerprint density at radius 1 is 0.557 bits per heavy atom. The van der Waals surface area contributed by atoms with Gasteiger partial charge < -0.3 is 40.6 Å². The summed E-state index contributed by atoms with van der Waals surface area (Å²) in [7, 11) is 0. The van der Waals surface area contributed by atoms with Gasteiger partial charge in [-0.15, -0.1) is 0 Å². The van der Waals surface area contributed by atoms with Crippen LogP contribution in [0, 0.1) is 34.1 Å². The van der Waals surface area contributed by atoms with Gasteiger partial charge in [-0.3, -0.25) is 9.59 Å². The number of benzene rings is 4. The number of aliphatic hydroxyl groups excluding tert-OH is 2. The first-order valence-electron chi connectivity index (χ1n) is 23.6. The molecule has 2 heterocycles. The second-order valence-electron chi connectivity index (χ2n) is 20.5. The lowest BCUT2D eigenvalue weighted by Gasteiger charge is -2.26. The Hall–Kier alpha value is -6.20. The maximum absolute atomic E-state index is 14.3. The Kier molecular flexibility index (Phi) is 18.3. The Morgan fingerprint density at radius 2 is 0.929 bits per heavy atom. The van der Waals surface area contributed by atoms with Crippen molar-refractivity contribution in [2.45, 2.75) is 117 Å². The molecular weight excluding hydrogens is 901 g/mol. The largest absolute Gasteiger partial charge is 0.390 e. The average molecular weight is 967 g/mol. The fraction of sp³-hybridized carbons (Fsp3) is 0.407. The van der Waals surface area contributed by atoms with E-state index in [9.17, 15) is 37.4 Å². The van der Waals surface area contributed by atoms with Crippen LogP contribution in [0.1, 0.15) is 87.8 Å². The molecule has 12 nitrogen and oxygen atoms in total. The van der Waals surface area contributed by atoms with E-state index in [0.29, 0.717) is 13.1 Å². The van der Waals surface area contributed by atoms with Crippen LogP contribution in [-0.4, -0.2) is 78.5 Å². The normalized spacial score (nSPS) is 13.7. The van der Waals surface area contributed by atoms with Crippen LogP contribution in [0.5, 0.6) is 0 Å². The molecule has 0 aliphatic carbocycles. The molecule has 70 heavy (non-hydrogen) atoms. The van der Waals surface area contributed by atoms with Gasteiger partial charge in [0, 0.05) is 75.9 Å². The van der Waals surface area contributed by atoms with Gasteiger partial charge in [-0.2, -0.15) is 0 Å². The van der Waals surface area contributed by atoms with E-state index in [1.165, 1.54) is 0 Å². The van der Waals surface area contributed by atoms with Crippen molar-refractivity contribution >= 4 is 11.8 Å². The van der Waals surface area contributed by atoms with Crippen LogP contribution >= 0.6 is 0 Å². The van der Waals surface area contributed by atoms with Gasteiger partial charge in [-0.1, -0.05) is 65.8 Å².